The van der Waals surface area contributed by atoms with E-state index < -0.39 is 9.84 Å². The summed E-state index contributed by atoms with van der Waals surface area (Å²) in [5, 5.41) is 2.81. The summed E-state index contributed by atoms with van der Waals surface area (Å²) in [6.45, 7) is 3.87. The Hall–Kier alpha value is -1.36. The van der Waals surface area contributed by atoms with Gasteiger partial charge in [-0.15, -0.1) is 0 Å². The number of carbonyl (C=O) groups excluding carboxylic acids is 1. The Morgan fingerprint density at radius 1 is 1.33 bits per heavy atom. The SMILES string of the molecule is Cc1ccccc1C(C)NC(=O)CCS(C)(=O)=O. The summed E-state index contributed by atoms with van der Waals surface area (Å²) in [7, 11) is -3.09. The Morgan fingerprint density at radius 2 is 1.94 bits per heavy atom. The van der Waals surface area contributed by atoms with Gasteiger partial charge in [-0.3, -0.25) is 4.79 Å². The molecular weight excluding hydrogens is 250 g/mol. The molecule has 1 aromatic carbocycles. The van der Waals surface area contributed by atoms with Gasteiger partial charge in [-0.2, -0.15) is 0 Å². The highest BCUT2D eigenvalue weighted by molar-refractivity contribution is 7.90. The van der Waals surface area contributed by atoms with Gasteiger partial charge in [0.15, 0.2) is 0 Å². The van der Waals surface area contributed by atoms with E-state index in [0.29, 0.717) is 0 Å². The van der Waals surface area contributed by atoms with Crippen molar-refractivity contribution in [2.45, 2.75) is 26.3 Å². The van der Waals surface area contributed by atoms with Gasteiger partial charge in [0.25, 0.3) is 0 Å². The molecule has 1 unspecified atom stereocenters. The molecule has 0 heterocycles. The smallest absolute Gasteiger partial charge is 0.221 e. The molecule has 1 rings (SSSR count). The minimum Gasteiger partial charge on any atom is -0.350 e. The zero-order chi connectivity index (χ0) is 13.8. The Balaban J connectivity index is 2.58. The van der Waals surface area contributed by atoms with Crippen LogP contribution in [0.25, 0.3) is 0 Å². The summed E-state index contributed by atoms with van der Waals surface area (Å²) in [4.78, 5) is 11.6. The van der Waals surface area contributed by atoms with Gasteiger partial charge < -0.3 is 5.32 Å². The van der Waals surface area contributed by atoms with Gasteiger partial charge in [0, 0.05) is 12.7 Å². The number of aryl methyl sites for hydroxylation is 1. The zero-order valence-corrected chi connectivity index (χ0v) is 11.8. The van der Waals surface area contributed by atoms with E-state index >= 15 is 0 Å². The molecule has 5 heteroatoms. The molecule has 0 saturated heterocycles. The number of sulfone groups is 1. The van der Waals surface area contributed by atoms with Crippen molar-refractivity contribution >= 4 is 15.7 Å². The maximum atomic E-state index is 11.6. The standard InChI is InChI=1S/C13H19NO3S/c1-10-6-4-5-7-12(10)11(2)14-13(15)8-9-18(3,16)17/h4-7,11H,8-9H2,1-3H3,(H,14,15). The van der Waals surface area contributed by atoms with Crippen LogP contribution in [0.3, 0.4) is 0 Å². The highest BCUT2D eigenvalue weighted by Gasteiger charge is 2.13. The largest absolute Gasteiger partial charge is 0.350 e. The van der Waals surface area contributed by atoms with Crippen LogP contribution in [-0.2, 0) is 14.6 Å². The first kappa shape index (κ1) is 14.7. The summed E-state index contributed by atoms with van der Waals surface area (Å²) in [6, 6.07) is 7.68. The fourth-order valence-electron chi connectivity index (χ4n) is 1.74. The number of nitrogens with one attached hydrogen (secondary N) is 1. The molecule has 18 heavy (non-hydrogen) atoms. The molecule has 0 aliphatic carbocycles. The molecule has 0 saturated carbocycles. The molecule has 0 bridgehead atoms. The fraction of sp³-hybridized carbons (Fsp3) is 0.462. The van der Waals surface area contributed by atoms with E-state index in [9.17, 15) is 13.2 Å². The topological polar surface area (TPSA) is 63.2 Å². The minimum absolute atomic E-state index is 0.00898. The maximum Gasteiger partial charge on any atom is 0.221 e. The molecule has 1 atom stereocenters. The molecule has 1 amide bonds. The molecule has 1 N–H and O–H groups in total. The number of rotatable bonds is 5. The lowest BCUT2D eigenvalue weighted by atomic mass is 10.0. The van der Waals surface area contributed by atoms with Gasteiger partial charge in [-0.05, 0) is 25.0 Å². The van der Waals surface area contributed by atoms with Crippen LogP contribution in [0.1, 0.15) is 30.5 Å². The van der Waals surface area contributed by atoms with Crippen molar-refractivity contribution in [3.05, 3.63) is 35.4 Å². The van der Waals surface area contributed by atoms with E-state index in [0.717, 1.165) is 17.4 Å². The minimum atomic E-state index is -3.09. The summed E-state index contributed by atoms with van der Waals surface area (Å²) < 4.78 is 21.9. The van der Waals surface area contributed by atoms with E-state index in [1.165, 1.54) is 0 Å². The van der Waals surface area contributed by atoms with Crippen LogP contribution in [0.15, 0.2) is 24.3 Å². The fourth-order valence-corrected chi connectivity index (χ4v) is 2.30. The van der Waals surface area contributed by atoms with Crippen molar-refractivity contribution in [3.8, 4) is 0 Å². The number of carbonyl (C=O) groups is 1. The number of hydrogen-bond donors (Lipinski definition) is 1. The third-order valence-corrected chi connectivity index (χ3v) is 3.68. The van der Waals surface area contributed by atoms with Gasteiger partial charge in [-0.25, -0.2) is 8.42 Å². The van der Waals surface area contributed by atoms with Crippen LogP contribution >= 0.6 is 0 Å². The van der Waals surface area contributed by atoms with Crippen molar-refractivity contribution in [1.82, 2.24) is 5.32 Å². The third kappa shape index (κ3) is 4.87. The molecule has 1 aromatic rings. The lowest BCUT2D eigenvalue weighted by Crippen LogP contribution is -2.28. The Bertz CT molecular complexity index is 523. The van der Waals surface area contributed by atoms with Crippen molar-refractivity contribution in [3.63, 3.8) is 0 Å². The average molecular weight is 269 g/mol. The number of benzene rings is 1. The number of hydrogen-bond acceptors (Lipinski definition) is 3. The monoisotopic (exact) mass is 269 g/mol. The summed E-state index contributed by atoms with van der Waals surface area (Å²) in [5.41, 5.74) is 2.15. The van der Waals surface area contributed by atoms with E-state index in [4.69, 9.17) is 0 Å². The van der Waals surface area contributed by atoms with Crippen LogP contribution in [0.5, 0.6) is 0 Å². The highest BCUT2D eigenvalue weighted by Crippen LogP contribution is 2.16. The Labute approximate surface area is 108 Å². The molecule has 0 aromatic heterocycles. The van der Waals surface area contributed by atoms with Crippen molar-refractivity contribution in [2.24, 2.45) is 0 Å². The first-order valence-corrected chi connectivity index (χ1v) is 7.88. The maximum absolute atomic E-state index is 11.6. The summed E-state index contributed by atoms with van der Waals surface area (Å²) in [5.74, 6) is -0.351. The Kier molecular flexibility index (Phi) is 4.90. The lowest BCUT2D eigenvalue weighted by Gasteiger charge is -2.16. The van der Waals surface area contributed by atoms with E-state index in [1.807, 2.05) is 38.1 Å². The van der Waals surface area contributed by atoms with Gasteiger partial charge >= 0.3 is 0 Å². The summed E-state index contributed by atoms with van der Waals surface area (Å²) >= 11 is 0. The van der Waals surface area contributed by atoms with Gasteiger partial charge in [-0.1, -0.05) is 24.3 Å². The second-order valence-electron chi connectivity index (χ2n) is 4.53. The average Bonchev–Trinajstić information content (AvgIpc) is 2.26. The molecule has 0 radical (unpaired) electrons. The van der Waals surface area contributed by atoms with E-state index in [1.54, 1.807) is 0 Å². The predicted octanol–water partition coefficient (Wildman–Crippen LogP) is 1.61. The normalized spacial score (nSPS) is 13.1. The lowest BCUT2D eigenvalue weighted by molar-refractivity contribution is -0.121. The molecule has 0 aliphatic rings. The first-order valence-electron chi connectivity index (χ1n) is 5.82. The molecule has 100 valence electrons. The van der Waals surface area contributed by atoms with Crippen molar-refractivity contribution in [1.29, 1.82) is 0 Å². The first-order chi connectivity index (χ1) is 8.29. The van der Waals surface area contributed by atoms with E-state index in [-0.39, 0.29) is 24.1 Å². The molecule has 0 aliphatic heterocycles. The third-order valence-electron chi connectivity index (χ3n) is 2.73. The van der Waals surface area contributed by atoms with Gasteiger partial charge in [0.2, 0.25) is 5.91 Å². The van der Waals surface area contributed by atoms with Crippen molar-refractivity contribution in [2.75, 3.05) is 12.0 Å². The van der Waals surface area contributed by atoms with Crippen LogP contribution in [0.2, 0.25) is 0 Å². The highest BCUT2D eigenvalue weighted by atomic mass is 32.2. The molecule has 4 nitrogen and oxygen atoms in total. The zero-order valence-electron chi connectivity index (χ0n) is 10.9. The molecule has 0 spiro atoms. The Morgan fingerprint density at radius 3 is 2.50 bits per heavy atom. The second-order valence-corrected chi connectivity index (χ2v) is 6.79. The van der Waals surface area contributed by atoms with Crippen LogP contribution < -0.4 is 5.32 Å². The van der Waals surface area contributed by atoms with E-state index in [2.05, 4.69) is 5.32 Å². The predicted molar refractivity (Wildman–Crippen MR) is 72.1 cm³/mol. The van der Waals surface area contributed by atoms with Gasteiger partial charge in [0.05, 0.1) is 11.8 Å². The van der Waals surface area contributed by atoms with Crippen LogP contribution in [-0.4, -0.2) is 26.3 Å². The van der Waals surface area contributed by atoms with Crippen LogP contribution in [0, 0.1) is 6.92 Å². The summed E-state index contributed by atoms with van der Waals surface area (Å²) in [6.07, 6.45) is 1.14. The number of amides is 1. The molecular formula is C13H19NO3S. The second kappa shape index (κ2) is 6.00. The van der Waals surface area contributed by atoms with Crippen LogP contribution in [0.4, 0.5) is 0 Å². The quantitative estimate of drug-likeness (QED) is 0.883. The van der Waals surface area contributed by atoms with Crippen molar-refractivity contribution < 1.29 is 13.2 Å². The van der Waals surface area contributed by atoms with Gasteiger partial charge in [0.1, 0.15) is 9.84 Å². The molecule has 0 fully saturated rings.